The van der Waals surface area contributed by atoms with E-state index in [2.05, 4.69) is 11.9 Å². The average Bonchev–Trinajstić information content (AvgIpc) is 2.18. The van der Waals surface area contributed by atoms with Crippen molar-refractivity contribution in [3.05, 3.63) is 23.5 Å². The Bertz CT molecular complexity index is 181. The number of methoxy groups -OCH3 is 1. The molecule has 0 atom stereocenters. The lowest BCUT2D eigenvalue weighted by atomic mass is 10.3. The average molecular weight is 125 g/mol. The monoisotopic (exact) mass is 125 g/mol. The fourth-order valence-corrected chi connectivity index (χ4v) is 0.782. The zero-order valence-corrected chi connectivity index (χ0v) is 5.77. The quantitative estimate of drug-likeness (QED) is 0.636. The third-order valence-electron chi connectivity index (χ3n) is 1.36. The van der Waals surface area contributed by atoms with Gasteiger partial charge in [-0.3, -0.25) is 0 Å². The van der Waals surface area contributed by atoms with Gasteiger partial charge >= 0.3 is 0 Å². The van der Waals surface area contributed by atoms with Crippen LogP contribution in [0.1, 0.15) is 11.3 Å². The number of aromatic nitrogens is 1. The lowest BCUT2D eigenvalue weighted by Gasteiger charge is -1.95. The van der Waals surface area contributed by atoms with Crippen molar-refractivity contribution in [2.45, 2.75) is 13.5 Å². The second-order valence-electron chi connectivity index (χ2n) is 2.07. The molecule has 0 aliphatic rings. The molecule has 0 bridgehead atoms. The largest absolute Gasteiger partial charge is 0.378 e. The maximum absolute atomic E-state index is 4.94. The molecule has 0 fully saturated rings. The van der Waals surface area contributed by atoms with E-state index in [0.717, 1.165) is 5.69 Å². The van der Waals surface area contributed by atoms with Crippen LogP contribution in [-0.4, -0.2) is 12.1 Å². The molecular formula is C7H11NO. The summed E-state index contributed by atoms with van der Waals surface area (Å²) in [5, 5.41) is 0. The fraction of sp³-hybridized carbons (Fsp3) is 0.429. The van der Waals surface area contributed by atoms with E-state index in [0.29, 0.717) is 6.61 Å². The zero-order chi connectivity index (χ0) is 6.69. The Morgan fingerprint density at radius 3 is 2.89 bits per heavy atom. The highest BCUT2D eigenvalue weighted by atomic mass is 16.5. The Labute approximate surface area is 54.8 Å². The third kappa shape index (κ3) is 1.33. The third-order valence-corrected chi connectivity index (χ3v) is 1.36. The molecule has 0 saturated carbocycles. The van der Waals surface area contributed by atoms with E-state index in [1.807, 2.05) is 12.3 Å². The van der Waals surface area contributed by atoms with Crippen LogP contribution in [0.5, 0.6) is 0 Å². The van der Waals surface area contributed by atoms with Crippen molar-refractivity contribution in [3.8, 4) is 0 Å². The molecule has 1 aromatic heterocycles. The predicted octanol–water partition coefficient (Wildman–Crippen LogP) is 1.47. The van der Waals surface area contributed by atoms with Crippen LogP contribution in [0.2, 0.25) is 0 Å². The van der Waals surface area contributed by atoms with Crippen LogP contribution >= 0.6 is 0 Å². The smallest absolute Gasteiger partial charge is 0.0864 e. The number of ether oxygens (including phenoxy) is 1. The molecule has 1 heterocycles. The van der Waals surface area contributed by atoms with Crippen molar-refractivity contribution in [2.75, 3.05) is 7.11 Å². The van der Waals surface area contributed by atoms with E-state index in [4.69, 9.17) is 4.74 Å². The number of rotatable bonds is 2. The van der Waals surface area contributed by atoms with Crippen LogP contribution < -0.4 is 0 Å². The van der Waals surface area contributed by atoms with Crippen LogP contribution in [-0.2, 0) is 11.3 Å². The summed E-state index contributed by atoms with van der Waals surface area (Å²) < 4.78 is 4.94. The SMILES string of the molecule is COCc1[nH]ccc1C. The molecule has 0 radical (unpaired) electrons. The van der Waals surface area contributed by atoms with Gasteiger partial charge in [-0.15, -0.1) is 0 Å². The van der Waals surface area contributed by atoms with Gasteiger partial charge in [0.05, 0.1) is 6.61 Å². The molecule has 2 heteroatoms. The highest BCUT2D eigenvalue weighted by Gasteiger charge is 1.94. The lowest BCUT2D eigenvalue weighted by Crippen LogP contribution is -1.88. The molecule has 50 valence electrons. The van der Waals surface area contributed by atoms with Crippen molar-refractivity contribution in [1.82, 2.24) is 4.98 Å². The first-order valence-electron chi connectivity index (χ1n) is 2.96. The van der Waals surface area contributed by atoms with Gasteiger partial charge in [0.15, 0.2) is 0 Å². The number of hydrogen-bond donors (Lipinski definition) is 1. The molecule has 2 nitrogen and oxygen atoms in total. The highest BCUT2D eigenvalue weighted by Crippen LogP contribution is 2.04. The first kappa shape index (κ1) is 6.36. The Balaban J connectivity index is 2.69. The van der Waals surface area contributed by atoms with Gasteiger partial charge in [-0.05, 0) is 18.6 Å². The van der Waals surface area contributed by atoms with Crippen molar-refractivity contribution in [3.63, 3.8) is 0 Å². The minimum absolute atomic E-state index is 0.679. The Kier molecular flexibility index (Phi) is 1.90. The molecule has 9 heavy (non-hydrogen) atoms. The second kappa shape index (κ2) is 2.69. The van der Waals surface area contributed by atoms with Crippen LogP contribution in [0, 0.1) is 6.92 Å². The summed E-state index contributed by atoms with van der Waals surface area (Å²) in [6, 6.07) is 2.04. The molecule has 0 aromatic carbocycles. The minimum atomic E-state index is 0.679. The van der Waals surface area contributed by atoms with Crippen LogP contribution in [0.15, 0.2) is 12.3 Å². The summed E-state index contributed by atoms with van der Waals surface area (Å²) in [7, 11) is 1.69. The van der Waals surface area contributed by atoms with E-state index >= 15 is 0 Å². The Morgan fingerprint density at radius 1 is 1.67 bits per heavy atom. The van der Waals surface area contributed by atoms with Crippen molar-refractivity contribution in [2.24, 2.45) is 0 Å². The van der Waals surface area contributed by atoms with E-state index < -0.39 is 0 Å². The lowest BCUT2D eigenvalue weighted by molar-refractivity contribution is 0.181. The molecule has 1 N–H and O–H groups in total. The Morgan fingerprint density at radius 2 is 2.44 bits per heavy atom. The second-order valence-corrected chi connectivity index (χ2v) is 2.07. The van der Waals surface area contributed by atoms with Crippen molar-refractivity contribution in [1.29, 1.82) is 0 Å². The molecule has 0 saturated heterocycles. The summed E-state index contributed by atoms with van der Waals surface area (Å²) in [6.45, 7) is 2.74. The van der Waals surface area contributed by atoms with E-state index in [-0.39, 0.29) is 0 Å². The highest BCUT2D eigenvalue weighted by molar-refractivity contribution is 5.17. The minimum Gasteiger partial charge on any atom is -0.378 e. The Hall–Kier alpha value is -0.760. The van der Waals surface area contributed by atoms with Gasteiger partial charge in [0, 0.05) is 19.0 Å². The van der Waals surface area contributed by atoms with Gasteiger partial charge in [-0.2, -0.15) is 0 Å². The predicted molar refractivity (Wildman–Crippen MR) is 36.2 cm³/mol. The van der Waals surface area contributed by atoms with Gasteiger partial charge in [0.2, 0.25) is 0 Å². The maximum atomic E-state index is 4.94. The van der Waals surface area contributed by atoms with Crippen LogP contribution in [0.3, 0.4) is 0 Å². The van der Waals surface area contributed by atoms with Crippen LogP contribution in [0.25, 0.3) is 0 Å². The van der Waals surface area contributed by atoms with Gasteiger partial charge in [0.25, 0.3) is 0 Å². The molecule has 0 aliphatic heterocycles. The topological polar surface area (TPSA) is 25.0 Å². The van der Waals surface area contributed by atoms with Gasteiger partial charge in [0.1, 0.15) is 0 Å². The molecule has 1 aromatic rings. The molecule has 0 unspecified atom stereocenters. The molecular weight excluding hydrogens is 114 g/mol. The number of nitrogens with one attached hydrogen (secondary N) is 1. The summed E-state index contributed by atoms with van der Waals surface area (Å²) in [5.41, 5.74) is 2.43. The molecule has 0 spiro atoms. The number of aromatic amines is 1. The number of H-pyrrole nitrogens is 1. The van der Waals surface area contributed by atoms with E-state index in [1.165, 1.54) is 5.56 Å². The van der Waals surface area contributed by atoms with Crippen molar-refractivity contribution < 1.29 is 4.74 Å². The normalized spacial score (nSPS) is 10.0. The standard InChI is InChI=1S/C7H11NO/c1-6-3-4-8-7(6)5-9-2/h3-4,8H,5H2,1-2H3. The fourth-order valence-electron chi connectivity index (χ4n) is 0.782. The van der Waals surface area contributed by atoms with Gasteiger partial charge in [-0.25, -0.2) is 0 Å². The summed E-state index contributed by atoms with van der Waals surface area (Å²) >= 11 is 0. The first-order chi connectivity index (χ1) is 4.34. The van der Waals surface area contributed by atoms with Crippen molar-refractivity contribution >= 4 is 0 Å². The molecule has 0 aliphatic carbocycles. The number of hydrogen-bond acceptors (Lipinski definition) is 1. The maximum Gasteiger partial charge on any atom is 0.0864 e. The van der Waals surface area contributed by atoms with Gasteiger partial charge in [-0.1, -0.05) is 0 Å². The van der Waals surface area contributed by atoms with E-state index in [1.54, 1.807) is 7.11 Å². The van der Waals surface area contributed by atoms with Crippen LogP contribution in [0.4, 0.5) is 0 Å². The zero-order valence-electron chi connectivity index (χ0n) is 5.77. The van der Waals surface area contributed by atoms with E-state index in [9.17, 15) is 0 Å². The summed E-state index contributed by atoms with van der Waals surface area (Å²) in [4.78, 5) is 3.08. The first-order valence-corrected chi connectivity index (χ1v) is 2.96. The molecule has 0 amide bonds. The molecule has 1 rings (SSSR count). The number of aryl methyl sites for hydroxylation is 1. The summed E-state index contributed by atoms with van der Waals surface area (Å²) in [5.74, 6) is 0. The summed E-state index contributed by atoms with van der Waals surface area (Å²) in [6.07, 6.45) is 1.92. The van der Waals surface area contributed by atoms with Gasteiger partial charge < -0.3 is 9.72 Å².